The molecule has 2 heterocycles. The zero-order valence-corrected chi connectivity index (χ0v) is 12.5. The number of amides is 1. The van der Waals surface area contributed by atoms with Crippen LogP contribution in [0.15, 0.2) is 36.7 Å². The second-order valence-electron chi connectivity index (χ2n) is 5.35. The van der Waals surface area contributed by atoms with Crippen molar-refractivity contribution in [2.24, 2.45) is 0 Å². The van der Waals surface area contributed by atoms with Crippen molar-refractivity contribution in [3.63, 3.8) is 0 Å². The minimum Gasteiger partial charge on any atom is -0.350 e. The van der Waals surface area contributed by atoms with Gasteiger partial charge >= 0.3 is 0 Å². The second-order valence-corrected chi connectivity index (χ2v) is 5.35. The predicted molar refractivity (Wildman–Crippen MR) is 80.4 cm³/mol. The van der Waals surface area contributed by atoms with E-state index >= 15 is 0 Å². The van der Waals surface area contributed by atoms with Crippen molar-refractivity contribution in [2.45, 2.75) is 32.5 Å². The van der Waals surface area contributed by atoms with Crippen molar-refractivity contribution in [3.05, 3.63) is 47.8 Å². The number of carbonyl (C=O) groups excluding carboxylic acids is 1. The Balaban J connectivity index is 1.58. The minimum absolute atomic E-state index is 0.280. The van der Waals surface area contributed by atoms with Crippen molar-refractivity contribution in [3.8, 4) is 5.69 Å². The van der Waals surface area contributed by atoms with Crippen LogP contribution in [-0.2, 0) is 9.57 Å². The summed E-state index contributed by atoms with van der Waals surface area (Å²) in [6.07, 6.45) is 6.28. The highest BCUT2D eigenvalue weighted by molar-refractivity contribution is 5.93. The van der Waals surface area contributed by atoms with E-state index in [1.165, 1.54) is 0 Å². The molecule has 1 fully saturated rings. The summed E-state index contributed by atoms with van der Waals surface area (Å²) in [6, 6.07) is 7.18. The summed E-state index contributed by atoms with van der Waals surface area (Å²) in [5.41, 5.74) is 4.97. The number of rotatable bonds is 4. The first-order valence-corrected chi connectivity index (χ1v) is 7.42. The molecule has 1 aromatic carbocycles. The molecule has 0 radical (unpaired) electrons. The molecule has 6 heteroatoms. The molecule has 1 amide bonds. The number of aryl methyl sites for hydroxylation is 1. The van der Waals surface area contributed by atoms with Gasteiger partial charge in [-0.3, -0.25) is 4.79 Å². The zero-order chi connectivity index (χ0) is 15.4. The van der Waals surface area contributed by atoms with E-state index < -0.39 is 0 Å². The Morgan fingerprint density at radius 3 is 2.82 bits per heavy atom. The van der Waals surface area contributed by atoms with Crippen LogP contribution in [-0.4, -0.2) is 28.6 Å². The van der Waals surface area contributed by atoms with E-state index in [-0.39, 0.29) is 12.2 Å². The van der Waals surface area contributed by atoms with Crippen LogP contribution in [0.3, 0.4) is 0 Å². The first-order chi connectivity index (χ1) is 10.7. The van der Waals surface area contributed by atoms with E-state index in [9.17, 15) is 4.79 Å². The molecule has 6 nitrogen and oxygen atoms in total. The largest absolute Gasteiger partial charge is 0.350 e. The Morgan fingerprint density at radius 2 is 2.18 bits per heavy atom. The SMILES string of the molecule is Cc1cnn(-c2ccc(C(=O)NOC3CCCCO3)cc2)c1. The molecule has 1 atom stereocenters. The highest BCUT2D eigenvalue weighted by Crippen LogP contribution is 2.13. The number of benzene rings is 1. The smallest absolute Gasteiger partial charge is 0.274 e. The van der Waals surface area contributed by atoms with Gasteiger partial charge in [0.05, 0.1) is 11.9 Å². The van der Waals surface area contributed by atoms with E-state index in [1.54, 1.807) is 23.0 Å². The van der Waals surface area contributed by atoms with Gasteiger partial charge in [0, 0.05) is 24.8 Å². The van der Waals surface area contributed by atoms with Gasteiger partial charge in [0.25, 0.3) is 5.91 Å². The summed E-state index contributed by atoms with van der Waals surface area (Å²) < 4.78 is 7.16. The van der Waals surface area contributed by atoms with Gasteiger partial charge in [-0.05, 0) is 49.6 Å². The summed E-state index contributed by atoms with van der Waals surface area (Å²) >= 11 is 0. The highest BCUT2D eigenvalue weighted by atomic mass is 16.8. The van der Waals surface area contributed by atoms with Gasteiger partial charge in [0.1, 0.15) is 0 Å². The van der Waals surface area contributed by atoms with Crippen LogP contribution in [0.25, 0.3) is 5.69 Å². The predicted octanol–water partition coefficient (Wildman–Crippen LogP) is 2.37. The van der Waals surface area contributed by atoms with Crippen LogP contribution < -0.4 is 5.48 Å². The molecule has 1 aliphatic heterocycles. The average molecular weight is 301 g/mol. The van der Waals surface area contributed by atoms with Crippen molar-refractivity contribution in [1.29, 1.82) is 0 Å². The van der Waals surface area contributed by atoms with Crippen LogP contribution >= 0.6 is 0 Å². The number of nitrogens with one attached hydrogen (secondary N) is 1. The Hall–Kier alpha value is -2.18. The lowest BCUT2D eigenvalue weighted by Crippen LogP contribution is -2.33. The van der Waals surface area contributed by atoms with Crippen molar-refractivity contribution < 1.29 is 14.4 Å². The molecule has 116 valence electrons. The van der Waals surface area contributed by atoms with Crippen LogP contribution in [0.1, 0.15) is 35.2 Å². The molecule has 1 unspecified atom stereocenters. The molecule has 3 rings (SSSR count). The standard InChI is InChI=1S/C16H19N3O3/c1-12-10-17-19(11-12)14-7-5-13(6-8-14)16(20)18-22-15-4-2-3-9-21-15/h5-8,10-11,15H,2-4,9H2,1H3,(H,18,20). The number of aromatic nitrogens is 2. The fourth-order valence-electron chi connectivity index (χ4n) is 2.30. The summed E-state index contributed by atoms with van der Waals surface area (Å²) in [4.78, 5) is 17.3. The quantitative estimate of drug-likeness (QED) is 0.881. The first-order valence-electron chi connectivity index (χ1n) is 7.42. The van der Waals surface area contributed by atoms with E-state index in [2.05, 4.69) is 10.6 Å². The molecular formula is C16H19N3O3. The lowest BCUT2D eigenvalue weighted by Gasteiger charge is -2.22. The van der Waals surface area contributed by atoms with Gasteiger partial charge in [-0.2, -0.15) is 5.10 Å². The summed E-state index contributed by atoms with van der Waals surface area (Å²) in [5, 5.41) is 4.23. The molecule has 0 saturated carbocycles. The third-order valence-electron chi connectivity index (χ3n) is 3.53. The molecule has 1 N–H and O–H groups in total. The Morgan fingerprint density at radius 1 is 1.36 bits per heavy atom. The number of hydroxylamine groups is 1. The molecule has 22 heavy (non-hydrogen) atoms. The van der Waals surface area contributed by atoms with Gasteiger partial charge in [0.15, 0.2) is 6.29 Å². The van der Waals surface area contributed by atoms with Gasteiger partial charge in [-0.15, -0.1) is 0 Å². The molecule has 1 aliphatic rings. The topological polar surface area (TPSA) is 65.4 Å². The Labute approximate surface area is 129 Å². The molecule has 1 saturated heterocycles. The third kappa shape index (κ3) is 3.52. The molecule has 1 aromatic heterocycles. The van der Waals surface area contributed by atoms with E-state index in [0.717, 1.165) is 30.5 Å². The van der Waals surface area contributed by atoms with E-state index in [4.69, 9.17) is 9.57 Å². The first kappa shape index (κ1) is 14.7. The van der Waals surface area contributed by atoms with Crippen molar-refractivity contribution >= 4 is 5.91 Å². The number of hydrogen-bond acceptors (Lipinski definition) is 4. The lowest BCUT2D eigenvalue weighted by atomic mass is 10.2. The molecule has 0 spiro atoms. The van der Waals surface area contributed by atoms with Crippen molar-refractivity contribution in [1.82, 2.24) is 15.3 Å². The van der Waals surface area contributed by atoms with Gasteiger partial charge < -0.3 is 4.74 Å². The van der Waals surface area contributed by atoms with Crippen LogP contribution in [0.2, 0.25) is 0 Å². The second kappa shape index (κ2) is 6.72. The average Bonchev–Trinajstić information content (AvgIpc) is 3.00. The highest BCUT2D eigenvalue weighted by Gasteiger charge is 2.16. The van der Waals surface area contributed by atoms with E-state index in [0.29, 0.717) is 12.2 Å². The van der Waals surface area contributed by atoms with E-state index in [1.807, 2.05) is 25.3 Å². The Bertz CT molecular complexity index is 630. The van der Waals surface area contributed by atoms with Crippen LogP contribution in [0.5, 0.6) is 0 Å². The summed E-state index contributed by atoms with van der Waals surface area (Å²) in [7, 11) is 0. The monoisotopic (exact) mass is 301 g/mol. The van der Waals surface area contributed by atoms with Crippen LogP contribution in [0.4, 0.5) is 0 Å². The number of nitrogens with zero attached hydrogens (tertiary/aromatic N) is 2. The summed E-state index contributed by atoms with van der Waals surface area (Å²) in [6.45, 7) is 2.66. The summed E-state index contributed by atoms with van der Waals surface area (Å²) in [5.74, 6) is -0.280. The number of carbonyl (C=O) groups is 1. The minimum atomic E-state index is -0.343. The lowest BCUT2D eigenvalue weighted by molar-refractivity contribution is -0.186. The van der Waals surface area contributed by atoms with Gasteiger partial charge in [-0.25, -0.2) is 15.0 Å². The molecule has 0 aliphatic carbocycles. The maximum absolute atomic E-state index is 12.0. The Kier molecular flexibility index (Phi) is 4.50. The maximum Gasteiger partial charge on any atom is 0.274 e. The third-order valence-corrected chi connectivity index (χ3v) is 3.53. The van der Waals surface area contributed by atoms with Crippen LogP contribution in [0, 0.1) is 6.92 Å². The number of ether oxygens (including phenoxy) is 1. The van der Waals surface area contributed by atoms with Gasteiger partial charge in [-0.1, -0.05) is 0 Å². The molecular weight excluding hydrogens is 282 g/mol. The van der Waals surface area contributed by atoms with Crippen molar-refractivity contribution in [2.75, 3.05) is 6.61 Å². The normalized spacial score (nSPS) is 18.1. The fourth-order valence-corrected chi connectivity index (χ4v) is 2.30. The molecule has 0 bridgehead atoms. The fraction of sp³-hybridized carbons (Fsp3) is 0.375. The zero-order valence-electron chi connectivity index (χ0n) is 12.5. The molecule has 2 aromatic rings. The maximum atomic E-state index is 12.0. The van der Waals surface area contributed by atoms with Gasteiger partial charge in [0.2, 0.25) is 0 Å². The number of hydrogen-bond donors (Lipinski definition) is 1.